The molecule has 100 valence electrons. The van der Waals surface area contributed by atoms with Gasteiger partial charge in [0.2, 0.25) is 0 Å². The highest BCUT2D eigenvalue weighted by Crippen LogP contribution is 2.04. The Morgan fingerprint density at radius 3 is 2.70 bits per heavy atom. The number of benzene rings is 1. The van der Waals surface area contributed by atoms with Crippen LogP contribution in [0.2, 0.25) is 0 Å². The summed E-state index contributed by atoms with van der Waals surface area (Å²) < 4.78 is 0. The van der Waals surface area contributed by atoms with Crippen LogP contribution < -0.4 is 5.43 Å². The van der Waals surface area contributed by atoms with E-state index in [1.807, 2.05) is 43.3 Å². The topological polar surface area (TPSA) is 54.4 Å². The third-order valence-corrected chi connectivity index (χ3v) is 2.56. The highest BCUT2D eigenvalue weighted by atomic mass is 16.2. The van der Waals surface area contributed by atoms with Crippen LogP contribution in [0.3, 0.4) is 0 Å². The average molecular weight is 265 g/mol. The van der Waals surface area contributed by atoms with E-state index in [0.29, 0.717) is 5.69 Å². The molecule has 0 bridgehead atoms. The number of aryl methyl sites for hydroxylation is 1. The fourth-order valence-corrected chi connectivity index (χ4v) is 1.50. The van der Waals surface area contributed by atoms with Crippen molar-refractivity contribution in [3.05, 3.63) is 71.6 Å². The molecule has 2 aromatic rings. The molecule has 0 spiro atoms. The first-order chi connectivity index (χ1) is 9.74. The van der Waals surface area contributed by atoms with Gasteiger partial charge < -0.3 is 0 Å². The Morgan fingerprint density at radius 2 is 2.00 bits per heavy atom. The van der Waals surface area contributed by atoms with Crippen LogP contribution in [0.5, 0.6) is 0 Å². The van der Waals surface area contributed by atoms with E-state index in [-0.39, 0.29) is 5.91 Å². The Balaban J connectivity index is 1.86. The molecule has 1 heterocycles. The van der Waals surface area contributed by atoms with E-state index in [0.717, 1.165) is 5.56 Å². The van der Waals surface area contributed by atoms with E-state index < -0.39 is 0 Å². The number of aromatic nitrogens is 1. The van der Waals surface area contributed by atoms with Crippen molar-refractivity contribution in [2.24, 2.45) is 5.10 Å². The summed E-state index contributed by atoms with van der Waals surface area (Å²) in [4.78, 5) is 15.6. The van der Waals surface area contributed by atoms with Crippen LogP contribution in [-0.2, 0) is 4.79 Å². The Labute approximate surface area is 117 Å². The Bertz CT molecular complexity index is 616. The van der Waals surface area contributed by atoms with Gasteiger partial charge >= 0.3 is 0 Å². The van der Waals surface area contributed by atoms with Gasteiger partial charge in [0.25, 0.3) is 5.91 Å². The third kappa shape index (κ3) is 4.49. The maximum Gasteiger partial charge on any atom is 0.264 e. The SMILES string of the molecule is Cc1ccc(/C=C/C(=O)N/N=C/c2ccccn2)cc1. The molecule has 0 radical (unpaired) electrons. The summed E-state index contributed by atoms with van der Waals surface area (Å²) in [5.41, 5.74) is 5.26. The van der Waals surface area contributed by atoms with Gasteiger partial charge in [0.05, 0.1) is 11.9 Å². The maximum absolute atomic E-state index is 11.5. The summed E-state index contributed by atoms with van der Waals surface area (Å²) >= 11 is 0. The second kappa shape index (κ2) is 6.99. The molecule has 0 saturated carbocycles. The maximum atomic E-state index is 11.5. The van der Waals surface area contributed by atoms with Crippen molar-refractivity contribution >= 4 is 18.2 Å². The minimum atomic E-state index is -0.280. The van der Waals surface area contributed by atoms with Gasteiger partial charge in [-0.05, 0) is 30.7 Å². The molecule has 0 aliphatic rings. The molecule has 0 saturated heterocycles. The number of nitrogens with zero attached hydrogens (tertiary/aromatic N) is 2. The zero-order valence-electron chi connectivity index (χ0n) is 11.2. The van der Waals surface area contributed by atoms with Gasteiger partial charge in [0.1, 0.15) is 0 Å². The van der Waals surface area contributed by atoms with Crippen molar-refractivity contribution in [2.75, 3.05) is 0 Å². The molecule has 1 amide bonds. The molecule has 1 aromatic heterocycles. The number of pyridine rings is 1. The first-order valence-electron chi connectivity index (χ1n) is 6.23. The lowest BCUT2D eigenvalue weighted by Crippen LogP contribution is -2.14. The molecular weight excluding hydrogens is 250 g/mol. The molecule has 1 N–H and O–H groups in total. The van der Waals surface area contributed by atoms with Gasteiger partial charge in [-0.3, -0.25) is 9.78 Å². The summed E-state index contributed by atoms with van der Waals surface area (Å²) in [5.74, 6) is -0.280. The quantitative estimate of drug-likeness (QED) is 0.524. The van der Waals surface area contributed by atoms with Crippen LogP contribution in [0.15, 0.2) is 59.8 Å². The second-order valence-electron chi connectivity index (χ2n) is 4.23. The van der Waals surface area contributed by atoms with E-state index in [2.05, 4.69) is 15.5 Å². The number of hydrogen-bond acceptors (Lipinski definition) is 3. The molecule has 0 aliphatic carbocycles. The van der Waals surface area contributed by atoms with Crippen LogP contribution in [0, 0.1) is 6.92 Å². The highest BCUT2D eigenvalue weighted by molar-refractivity contribution is 5.92. The zero-order valence-corrected chi connectivity index (χ0v) is 11.2. The first-order valence-corrected chi connectivity index (χ1v) is 6.23. The van der Waals surface area contributed by atoms with Crippen molar-refractivity contribution < 1.29 is 4.79 Å². The number of amides is 1. The number of hydrazone groups is 1. The van der Waals surface area contributed by atoms with Crippen molar-refractivity contribution in [3.8, 4) is 0 Å². The molecule has 0 unspecified atom stereocenters. The van der Waals surface area contributed by atoms with E-state index in [9.17, 15) is 4.79 Å². The highest BCUT2D eigenvalue weighted by Gasteiger charge is 1.93. The van der Waals surface area contributed by atoms with Crippen molar-refractivity contribution in [1.82, 2.24) is 10.4 Å². The minimum absolute atomic E-state index is 0.280. The van der Waals surface area contributed by atoms with Gasteiger partial charge in [-0.25, -0.2) is 5.43 Å². The Morgan fingerprint density at radius 1 is 1.20 bits per heavy atom. The summed E-state index contributed by atoms with van der Waals surface area (Å²) in [6.07, 6.45) is 6.35. The predicted octanol–water partition coefficient (Wildman–Crippen LogP) is 2.55. The lowest BCUT2D eigenvalue weighted by molar-refractivity contribution is -0.116. The van der Waals surface area contributed by atoms with Crippen molar-refractivity contribution in [3.63, 3.8) is 0 Å². The van der Waals surface area contributed by atoms with Gasteiger partial charge in [0.15, 0.2) is 0 Å². The molecule has 0 aliphatic heterocycles. The molecule has 2 rings (SSSR count). The van der Waals surface area contributed by atoms with Gasteiger partial charge in [0, 0.05) is 12.3 Å². The molecule has 1 aromatic carbocycles. The summed E-state index contributed by atoms with van der Waals surface area (Å²) in [6, 6.07) is 13.4. The largest absolute Gasteiger partial charge is 0.268 e. The molecule has 0 atom stereocenters. The standard InChI is InChI=1S/C16H15N3O/c1-13-5-7-14(8-6-13)9-10-16(20)19-18-12-15-4-2-3-11-17-15/h2-12H,1H3,(H,19,20)/b10-9+,18-12+. The van der Waals surface area contributed by atoms with Crippen LogP contribution >= 0.6 is 0 Å². The second-order valence-corrected chi connectivity index (χ2v) is 4.23. The monoisotopic (exact) mass is 265 g/mol. The molecule has 4 heteroatoms. The first kappa shape index (κ1) is 13.7. The zero-order chi connectivity index (χ0) is 14.2. The fourth-order valence-electron chi connectivity index (χ4n) is 1.50. The van der Waals surface area contributed by atoms with Crippen molar-refractivity contribution in [1.29, 1.82) is 0 Å². The van der Waals surface area contributed by atoms with E-state index in [1.54, 1.807) is 18.3 Å². The van der Waals surface area contributed by atoms with Gasteiger partial charge in [-0.2, -0.15) is 5.10 Å². The third-order valence-electron chi connectivity index (χ3n) is 2.56. The number of hydrogen-bond donors (Lipinski definition) is 1. The summed E-state index contributed by atoms with van der Waals surface area (Å²) in [7, 11) is 0. The lowest BCUT2D eigenvalue weighted by atomic mass is 10.1. The van der Waals surface area contributed by atoms with Crippen LogP contribution in [0.1, 0.15) is 16.8 Å². The van der Waals surface area contributed by atoms with Crippen LogP contribution in [-0.4, -0.2) is 17.1 Å². The van der Waals surface area contributed by atoms with Gasteiger partial charge in [-0.1, -0.05) is 35.9 Å². The molecule has 20 heavy (non-hydrogen) atoms. The van der Waals surface area contributed by atoms with E-state index in [4.69, 9.17) is 0 Å². The summed E-state index contributed by atoms with van der Waals surface area (Å²) in [5, 5.41) is 3.83. The normalized spacial score (nSPS) is 11.1. The average Bonchev–Trinajstić information content (AvgIpc) is 2.48. The lowest BCUT2D eigenvalue weighted by Gasteiger charge is -1.95. The Hall–Kier alpha value is -2.75. The smallest absolute Gasteiger partial charge is 0.264 e. The predicted molar refractivity (Wildman–Crippen MR) is 80.2 cm³/mol. The summed E-state index contributed by atoms with van der Waals surface area (Å²) in [6.45, 7) is 2.02. The number of nitrogens with one attached hydrogen (secondary N) is 1. The fraction of sp³-hybridized carbons (Fsp3) is 0.0625. The number of rotatable bonds is 4. The molecule has 0 fully saturated rings. The van der Waals surface area contributed by atoms with Crippen LogP contribution in [0.25, 0.3) is 6.08 Å². The van der Waals surface area contributed by atoms with Gasteiger partial charge in [-0.15, -0.1) is 0 Å². The van der Waals surface area contributed by atoms with E-state index >= 15 is 0 Å². The van der Waals surface area contributed by atoms with E-state index in [1.165, 1.54) is 17.9 Å². The number of carbonyl (C=O) groups is 1. The van der Waals surface area contributed by atoms with Crippen LogP contribution in [0.4, 0.5) is 0 Å². The number of carbonyl (C=O) groups excluding carboxylic acids is 1. The molecular formula is C16H15N3O. The minimum Gasteiger partial charge on any atom is -0.268 e. The van der Waals surface area contributed by atoms with Crippen molar-refractivity contribution in [2.45, 2.75) is 6.92 Å². The Kier molecular flexibility index (Phi) is 4.78. The molecule has 4 nitrogen and oxygen atoms in total.